The fourth-order valence-corrected chi connectivity index (χ4v) is 4.61. The van der Waals surface area contributed by atoms with E-state index in [9.17, 15) is 13.2 Å². The Morgan fingerprint density at radius 3 is 2.31 bits per heavy atom. The molecule has 0 bridgehead atoms. The maximum atomic E-state index is 12.6. The van der Waals surface area contributed by atoms with Gasteiger partial charge in [0.25, 0.3) is 5.91 Å². The molecule has 0 N–H and O–H groups in total. The number of pyridine rings is 1. The summed E-state index contributed by atoms with van der Waals surface area (Å²) in [5.74, 6) is -0.402. The van der Waals surface area contributed by atoms with Crippen LogP contribution in [0.4, 0.5) is 0 Å². The van der Waals surface area contributed by atoms with Gasteiger partial charge in [-0.2, -0.15) is 4.31 Å². The van der Waals surface area contributed by atoms with Crippen LogP contribution in [-0.4, -0.2) is 54.7 Å². The topological polar surface area (TPSA) is 70.6 Å². The van der Waals surface area contributed by atoms with E-state index in [1.54, 1.807) is 17.0 Å². The highest BCUT2D eigenvalue weighted by molar-refractivity contribution is 7.88. The summed E-state index contributed by atoms with van der Waals surface area (Å²) in [6.07, 6.45) is 0. The first-order chi connectivity index (χ1) is 12.4. The molecule has 0 atom stereocenters. The molecule has 1 aliphatic heterocycles. The Morgan fingerprint density at radius 2 is 1.65 bits per heavy atom. The van der Waals surface area contributed by atoms with Crippen LogP contribution in [0.3, 0.4) is 0 Å². The molecule has 138 valence electrons. The summed E-state index contributed by atoms with van der Waals surface area (Å²) in [5.41, 5.74) is 0.820. The molecule has 1 aromatic carbocycles. The number of carbonyl (C=O) groups excluding carboxylic acids is 1. The Morgan fingerprint density at radius 1 is 1.00 bits per heavy atom. The number of sulfonamides is 1. The van der Waals surface area contributed by atoms with Gasteiger partial charge in [-0.05, 0) is 17.7 Å². The predicted octanol–water partition coefficient (Wildman–Crippen LogP) is 2.68. The number of hydrogen-bond acceptors (Lipinski definition) is 4. The maximum Gasteiger partial charge on any atom is 0.274 e. The van der Waals surface area contributed by atoms with Crippen molar-refractivity contribution in [2.24, 2.45) is 0 Å². The van der Waals surface area contributed by atoms with Crippen LogP contribution in [0.25, 0.3) is 0 Å². The molecule has 0 aliphatic carbocycles. The molecule has 2 heterocycles. The quantitative estimate of drug-likeness (QED) is 0.722. The molecule has 1 aliphatic rings. The van der Waals surface area contributed by atoms with Crippen LogP contribution in [-0.2, 0) is 15.8 Å². The van der Waals surface area contributed by atoms with E-state index < -0.39 is 10.0 Å². The Labute approximate surface area is 162 Å². The van der Waals surface area contributed by atoms with Gasteiger partial charge >= 0.3 is 0 Å². The van der Waals surface area contributed by atoms with Gasteiger partial charge in [0.1, 0.15) is 10.8 Å². The third kappa shape index (κ3) is 4.35. The van der Waals surface area contributed by atoms with E-state index in [-0.39, 0.29) is 53.7 Å². The summed E-state index contributed by atoms with van der Waals surface area (Å²) >= 11 is 11.9. The summed E-state index contributed by atoms with van der Waals surface area (Å²) in [7, 11) is -3.43. The first kappa shape index (κ1) is 19.1. The molecule has 0 saturated carbocycles. The summed E-state index contributed by atoms with van der Waals surface area (Å²) in [6.45, 7) is 1.02. The lowest BCUT2D eigenvalue weighted by Gasteiger charge is -2.34. The van der Waals surface area contributed by atoms with Gasteiger partial charge in [-0.15, -0.1) is 0 Å². The lowest BCUT2D eigenvalue weighted by atomic mass is 10.2. The monoisotopic (exact) mass is 413 g/mol. The fraction of sp³-hybridized carbons (Fsp3) is 0.294. The minimum atomic E-state index is -3.43. The molecule has 2 aromatic rings. The summed E-state index contributed by atoms with van der Waals surface area (Å²) < 4.78 is 26.6. The van der Waals surface area contributed by atoms with Crippen LogP contribution in [0.2, 0.25) is 10.2 Å². The van der Waals surface area contributed by atoms with Crippen LogP contribution >= 0.6 is 23.2 Å². The van der Waals surface area contributed by atoms with E-state index in [0.29, 0.717) is 0 Å². The van der Waals surface area contributed by atoms with Gasteiger partial charge in [-0.25, -0.2) is 13.4 Å². The lowest BCUT2D eigenvalue weighted by Crippen LogP contribution is -2.50. The van der Waals surface area contributed by atoms with Crippen molar-refractivity contribution in [2.45, 2.75) is 5.75 Å². The number of piperazine rings is 1. The normalized spacial score (nSPS) is 15.8. The van der Waals surface area contributed by atoms with Crippen LogP contribution in [0.15, 0.2) is 42.5 Å². The second kappa shape index (κ2) is 7.92. The smallest absolute Gasteiger partial charge is 0.274 e. The van der Waals surface area contributed by atoms with Crippen molar-refractivity contribution in [1.29, 1.82) is 0 Å². The zero-order valence-electron chi connectivity index (χ0n) is 13.8. The number of nitrogens with zero attached hydrogens (tertiary/aromatic N) is 3. The van der Waals surface area contributed by atoms with Crippen molar-refractivity contribution >= 4 is 39.1 Å². The molecule has 9 heteroatoms. The number of halogens is 2. The highest BCUT2D eigenvalue weighted by atomic mass is 35.5. The first-order valence-corrected chi connectivity index (χ1v) is 10.4. The number of rotatable bonds is 4. The Hall–Kier alpha value is -1.67. The molecule has 3 rings (SSSR count). The van der Waals surface area contributed by atoms with Crippen molar-refractivity contribution in [1.82, 2.24) is 14.2 Å². The zero-order valence-corrected chi connectivity index (χ0v) is 16.1. The number of hydrogen-bond donors (Lipinski definition) is 0. The molecule has 26 heavy (non-hydrogen) atoms. The second-order valence-corrected chi connectivity index (χ2v) is 8.66. The molecule has 1 amide bonds. The summed E-state index contributed by atoms with van der Waals surface area (Å²) in [6, 6.07) is 12.1. The number of amides is 1. The minimum Gasteiger partial charge on any atom is -0.335 e. The Kier molecular flexibility index (Phi) is 5.82. The van der Waals surface area contributed by atoms with Crippen LogP contribution < -0.4 is 0 Å². The van der Waals surface area contributed by atoms with E-state index in [4.69, 9.17) is 23.2 Å². The summed E-state index contributed by atoms with van der Waals surface area (Å²) in [4.78, 5) is 18.1. The molecule has 1 fully saturated rings. The third-order valence-electron chi connectivity index (χ3n) is 4.13. The Balaban J connectivity index is 1.65. The molecule has 6 nitrogen and oxygen atoms in total. The average molecular weight is 414 g/mol. The van der Waals surface area contributed by atoms with E-state index in [2.05, 4.69) is 4.98 Å². The SMILES string of the molecule is O=C(c1nc(Cl)ccc1Cl)N1CCN(S(=O)(=O)Cc2ccccc2)CC1. The molecular formula is C17H17Cl2N3O3S. The molecule has 0 spiro atoms. The van der Waals surface area contributed by atoms with Crippen molar-refractivity contribution in [3.63, 3.8) is 0 Å². The van der Waals surface area contributed by atoms with Crippen molar-refractivity contribution < 1.29 is 13.2 Å². The average Bonchev–Trinajstić information content (AvgIpc) is 2.64. The van der Waals surface area contributed by atoms with E-state index >= 15 is 0 Å². The summed E-state index contributed by atoms with van der Waals surface area (Å²) in [5, 5.41) is 0.403. The molecule has 0 unspecified atom stereocenters. The maximum absolute atomic E-state index is 12.6. The number of benzene rings is 1. The number of carbonyl (C=O) groups is 1. The van der Waals surface area contributed by atoms with E-state index in [0.717, 1.165) is 5.56 Å². The predicted molar refractivity (Wildman–Crippen MR) is 101 cm³/mol. The molecule has 1 saturated heterocycles. The standard InChI is InChI=1S/C17H17Cl2N3O3S/c18-14-6-7-15(19)20-16(14)17(23)21-8-10-22(11-9-21)26(24,25)12-13-4-2-1-3-5-13/h1-7H,8-12H2. The highest BCUT2D eigenvalue weighted by Crippen LogP contribution is 2.20. The Bertz CT molecular complexity index is 899. The largest absolute Gasteiger partial charge is 0.335 e. The number of aromatic nitrogens is 1. The van der Waals surface area contributed by atoms with Gasteiger partial charge in [0.15, 0.2) is 0 Å². The van der Waals surface area contributed by atoms with Gasteiger partial charge in [0, 0.05) is 26.2 Å². The van der Waals surface area contributed by atoms with Gasteiger partial charge in [0.05, 0.1) is 10.8 Å². The van der Waals surface area contributed by atoms with Gasteiger partial charge in [0.2, 0.25) is 10.0 Å². The minimum absolute atomic E-state index is 0.0521. The van der Waals surface area contributed by atoms with Crippen LogP contribution in [0, 0.1) is 0 Å². The van der Waals surface area contributed by atoms with E-state index in [1.807, 2.05) is 18.2 Å². The van der Waals surface area contributed by atoms with E-state index in [1.165, 1.54) is 16.4 Å². The first-order valence-electron chi connectivity index (χ1n) is 8.00. The van der Waals surface area contributed by atoms with Crippen molar-refractivity contribution in [2.75, 3.05) is 26.2 Å². The van der Waals surface area contributed by atoms with Crippen LogP contribution in [0.5, 0.6) is 0 Å². The zero-order chi connectivity index (χ0) is 18.7. The van der Waals surface area contributed by atoms with Crippen molar-refractivity contribution in [3.8, 4) is 0 Å². The van der Waals surface area contributed by atoms with Gasteiger partial charge in [-0.1, -0.05) is 53.5 Å². The molecule has 1 aromatic heterocycles. The highest BCUT2D eigenvalue weighted by Gasteiger charge is 2.30. The van der Waals surface area contributed by atoms with Gasteiger partial charge in [-0.3, -0.25) is 4.79 Å². The second-order valence-electron chi connectivity index (χ2n) is 5.90. The van der Waals surface area contributed by atoms with Crippen LogP contribution in [0.1, 0.15) is 16.1 Å². The molecule has 0 radical (unpaired) electrons. The third-order valence-corrected chi connectivity index (χ3v) is 6.49. The van der Waals surface area contributed by atoms with Gasteiger partial charge < -0.3 is 4.90 Å². The molecular weight excluding hydrogens is 397 g/mol. The lowest BCUT2D eigenvalue weighted by molar-refractivity contribution is 0.0692. The fourth-order valence-electron chi connectivity index (χ4n) is 2.76. The van der Waals surface area contributed by atoms with Crippen molar-refractivity contribution in [3.05, 3.63) is 63.9 Å².